The van der Waals surface area contributed by atoms with Gasteiger partial charge >= 0.3 is 0 Å². The highest BCUT2D eigenvalue weighted by molar-refractivity contribution is 6.04. The third-order valence-corrected chi connectivity index (χ3v) is 4.98. The quantitative estimate of drug-likeness (QED) is 0.945. The highest BCUT2D eigenvalue weighted by Crippen LogP contribution is 2.24. The van der Waals surface area contributed by atoms with E-state index in [4.69, 9.17) is 0 Å². The van der Waals surface area contributed by atoms with E-state index >= 15 is 0 Å². The lowest BCUT2D eigenvalue weighted by atomic mass is 10.1. The van der Waals surface area contributed by atoms with Crippen molar-refractivity contribution >= 4 is 16.8 Å². The molecule has 0 spiro atoms. The van der Waals surface area contributed by atoms with Gasteiger partial charge in [0.2, 0.25) is 0 Å². The number of hydrogen-bond donors (Lipinski definition) is 1. The lowest BCUT2D eigenvalue weighted by Gasteiger charge is -2.28. The van der Waals surface area contributed by atoms with Gasteiger partial charge in [0.25, 0.3) is 5.91 Å². The molecule has 0 saturated carbocycles. The van der Waals surface area contributed by atoms with E-state index in [-0.39, 0.29) is 5.91 Å². The number of likely N-dealkylation sites (tertiary alicyclic amines) is 2. The van der Waals surface area contributed by atoms with Crippen LogP contribution in [0.5, 0.6) is 0 Å². The zero-order valence-corrected chi connectivity index (χ0v) is 12.8. The van der Waals surface area contributed by atoms with Crippen LogP contribution in [0.3, 0.4) is 0 Å². The van der Waals surface area contributed by atoms with Crippen molar-refractivity contribution in [2.75, 3.05) is 26.2 Å². The van der Waals surface area contributed by atoms with Crippen LogP contribution in [-0.2, 0) is 0 Å². The maximum absolute atomic E-state index is 12.9. The molecule has 1 atom stereocenters. The number of hydrogen-bond acceptors (Lipinski definition) is 3. The molecule has 2 aromatic rings. The number of para-hydroxylation sites is 1. The molecule has 5 nitrogen and oxygen atoms in total. The van der Waals surface area contributed by atoms with Crippen LogP contribution in [0.2, 0.25) is 0 Å². The first-order valence-electron chi connectivity index (χ1n) is 8.29. The molecule has 2 fully saturated rings. The predicted octanol–water partition coefficient (Wildman–Crippen LogP) is 2.26. The summed E-state index contributed by atoms with van der Waals surface area (Å²) in [5, 5.41) is 8.18. The van der Waals surface area contributed by atoms with Crippen LogP contribution >= 0.6 is 0 Å². The Morgan fingerprint density at radius 1 is 1.18 bits per heavy atom. The average Bonchev–Trinajstić information content (AvgIpc) is 3.27. The number of nitrogens with zero attached hydrogens (tertiary/aromatic N) is 3. The van der Waals surface area contributed by atoms with Crippen molar-refractivity contribution in [3.8, 4) is 0 Å². The molecule has 2 aliphatic heterocycles. The Morgan fingerprint density at radius 3 is 2.86 bits per heavy atom. The van der Waals surface area contributed by atoms with Gasteiger partial charge in [-0.1, -0.05) is 18.2 Å². The lowest BCUT2D eigenvalue weighted by Crippen LogP contribution is -2.42. The van der Waals surface area contributed by atoms with E-state index in [1.807, 2.05) is 29.2 Å². The summed E-state index contributed by atoms with van der Waals surface area (Å²) < 4.78 is 0. The minimum absolute atomic E-state index is 0.0825. The number of aromatic amines is 1. The fourth-order valence-electron chi connectivity index (χ4n) is 3.82. The number of aromatic nitrogens is 2. The van der Waals surface area contributed by atoms with Gasteiger partial charge in [0.05, 0.1) is 5.52 Å². The second kappa shape index (κ2) is 5.72. The molecule has 22 heavy (non-hydrogen) atoms. The summed E-state index contributed by atoms with van der Waals surface area (Å²) in [6.45, 7) is 4.25. The molecular formula is C17H22N4O. The Morgan fingerprint density at radius 2 is 2.00 bits per heavy atom. The van der Waals surface area contributed by atoms with Gasteiger partial charge in [0.15, 0.2) is 5.69 Å². The maximum Gasteiger partial charge on any atom is 0.275 e. The summed E-state index contributed by atoms with van der Waals surface area (Å²) in [5.74, 6) is 0.0825. The third kappa shape index (κ3) is 2.39. The molecule has 5 heteroatoms. The minimum Gasteiger partial charge on any atom is -0.333 e. The fourth-order valence-corrected chi connectivity index (χ4v) is 3.82. The van der Waals surface area contributed by atoms with Crippen molar-refractivity contribution in [1.82, 2.24) is 20.0 Å². The van der Waals surface area contributed by atoms with Gasteiger partial charge in [0.1, 0.15) is 0 Å². The van der Waals surface area contributed by atoms with Gasteiger partial charge in [0, 0.05) is 24.5 Å². The van der Waals surface area contributed by atoms with E-state index in [1.54, 1.807) is 0 Å². The van der Waals surface area contributed by atoms with Gasteiger partial charge < -0.3 is 9.80 Å². The molecule has 1 aromatic heterocycles. The smallest absolute Gasteiger partial charge is 0.275 e. The van der Waals surface area contributed by atoms with Crippen molar-refractivity contribution in [1.29, 1.82) is 0 Å². The third-order valence-electron chi connectivity index (χ3n) is 4.98. The van der Waals surface area contributed by atoms with Crippen LogP contribution in [-0.4, -0.2) is 58.1 Å². The summed E-state index contributed by atoms with van der Waals surface area (Å²) in [6, 6.07) is 8.20. The Bertz CT molecular complexity index is 674. The standard InChI is InChI=1S/C17H22N4O/c22-17(16-14-7-1-2-8-15(14)18-19-16)21-11-5-6-13(21)12-20-9-3-4-10-20/h1-2,7-8,13H,3-6,9-12H2,(H,18,19)/t13-/m0/s1. The predicted molar refractivity (Wildman–Crippen MR) is 85.8 cm³/mol. The van der Waals surface area contributed by atoms with Gasteiger partial charge in [-0.25, -0.2) is 0 Å². The number of carbonyl (C=O) groups excluding carboxylic acids is 1. The van der Waals surface area contributed by atoms with Crippen molar-refractivity contribution in [3.05, 3.63) is 30.0 Å². The fraction of sp³-hybridized carbons (Fsp3) is 0.529. The molecule has 1 amide bonds. The van der Waals surface area contributed by atoms with Crippen molar-refractivity contribution < 1.29 is 4.79 Å². The van der Waals surface area contributed by atoms with E-state index in [9.17, 15) is 4.79 Å². The SMILES string of the molecule is O=C(c1n[nH]c2ccccc12)N1CCC[C@H]1CN1CCCC1. The zero-order chi connectivity index (χ0) is 14.9. The Kier molecular flexibility index (Phi) is 3.58. The van der Waals surface area contributed by atoms with Crippen LogP contribution < -0.4 is 0 Å². The van der Waals surface area contributed by atoms with E-state index in [1.165, 1.54) is 25.9 Å². The molecule has 3 heterocycles. The maximum atomic E-state index is 12.9. The summed E-state index contributed by atoms with van der Waals surface area (Å²) in [7, 11) is 0. The molecule has 4 rings (SSSR count). The molecule has 1 aromatic carbocycles. The first kappa shape index (κ1) is 13.8. The molecule has 2 saturated heterocycles. The molecule has 0 aliphatic carbocycles. The lowest BCUT2D eigenvalue weighted by molar-refractivity contribution is 0.0704. The monoisotopic (exact) mass is 298 g/mol. The molecule has 0 bridgehead atoms. The molecule has 116 valence electrons. The van der Waals surface area contributed by atoms with E-state index < -0.39 is 0 Å². The molecule has 1 N–H and O–H groups in total. The van der Waals surface area contributed by atoms with E-state index in [2.05, 4.69) is 15.1 Å². The van der Waals surface area contributed by atoms with Crippen molar-refractivity contribution in [3.63, 3.8) is 0 Å². The van der Waals surface area contributed by atoms with Crippen molar-refractivity contribution in [2.24, 2.45) is 0 Å². The number of amides is 1. The van der Waals surface area contributed by atoms with Gasteiger partial charge in [-0.05, 0) is 44.8 Å². The van der Waals surface area contributed by atoms with Crippen LogP contribution in [0, 0.1) is 0 Å². The van der Waals surface area contributed by atoms with Gasteiger partial charge in [-0.15, -0.1) is 0 Å². The topological polar surface area (TPSA) is 52.2 Å². The van der Waals surface area contributed by atoms with Gasteiger partial charge in [-0.3, -0.25) is 9.89 Å². The first-order valence-corrected chi connectivity index (χ1v) is 8.29. The molecule has 2 aliphatic rings. The van der Waals surface area contributed by atoms with Gasteiger partial charge in [-0.2, -0.15) is 5.10 Å². The van der Waals surface area contributed by atoms with E-state index in [0.717, 1.165) is 36.8 Å². The average molecular weight is 298 g/mol. The molecule has 0 unspecified atom stereocenters. The number of nitrogens with one attached hydrogen (secondary N) is 1. The highest BCUT2D eigenvalue weighted by atomic mass is 16.2. The largest absolute Gasteiger partial charge is 0.333 e. The van der Waals surface area contributed by atoms with Crippen LogP contribution in [0.1, 0.15) is 36.2 Å². The molecule has 0 radical (unpaired) electrons. The van der Waals surface area contributed by atoms with Crippen molar-refractivity contribution in [2.45, 2.75) is 31.7 Å². The second-order valence-corrected chi connectivity index (χ2v) is 6.42. The Labute approximate surface area is 130 Å². The number of benzene rings is 1. The van der Waals surface area contributed by atoms with E-state index in [0.29, 0.717) is 11.7 Å². The highest BCUT2D eigenvalue weighted by Gasteiger charge is 2.32. The minimum atomic E-state index is 0.0825. The number of carbonyl (C=O) groups is 1. The first-order chi connectivity index (χ1) is 10.8. The summed E-state index contributed by atoms with van der Waals surface area (Å²) in [5.41, 5.74) is 1.50. The number of H-pyrrole nitrogens is 1. The zero-order valence-electron chi connectivity index (χ0n) is 12.8. The Hall–Kier alpha value is -1.88. The Balaban J connectivity index is 1.55. The normalized spacial score (nSPS) is 22.7. The number of fused-ring (bicyclic) bond motifs is 1. The van der Waals surface area contributed by atoms with Crippen LogP contribution in [0.4, 0.5) is 0 Å². The summed E-state index contributed by atoms with van der Waals surface area (Å²) >= 11 is 0. The van der Waals surface area contributed by atoms with Crippen LogP contribution in [0.25, 0.3) is 10.9 Å². The molecular weight excluding hydrogens is 276 g/mol. The summed E-state index contributed by atoms with van der Waals surface area (Å²) in [4.78, 5) is 17.5. The number of rotatable bonds is 3. The second-order valence-electron chi connectivity index (χ2n) is 6.42. The summed E-state index contributed by atoms with van der Waals surface area (Å²) in [6.07, 6.45) is 4.81. The van der Waals surface area contributed by atoms with Crippen LogP contribution in [0.15, 0.2) is 24.3 Å².